The highest BCUT2D eigenvalue weighted by atomic mass is 32.1. The maximum absolute atomic E-state index is 6.44. The van der Waals surface area contributed by atoms with Gasteiger partial charge in [-0.05, 0) is 102 Å². The van der Waals surface area contributed by atoms with Gasteiger partial charge in [-0.2, -0.15) is 4.98 Å². The van der Waals surface area contributed by atoms with E-state index < -0.39 is 0 Å². The number of para-hydroxylation sites is 10. The monoisotopic (exact) mass is 1830 g/mol. The number of fused-ring (bicyclic) bond motifs is 39. The molecule has 34 rings (SSSR count). The Labute approximate surface area is 807 Å². The molecule has 141 heavy (non-hydrogen) atoms. The Kier molecular flexibility index (Phi) is 15.8. The Morgan fingerprint density at radius 1 is 0.177 bits per heavy atom. The van der Waals surface area contributed by atoms with Crippen molar-refractivity contribution in [2.45, 2.75) is 0 Å². The van der Waals surface area contributed by atoms with Gasteiger partial charge in [-0.1, -0.05) is 334 Å². The van der Waals surface area contributed by atoms with Gasteiger partial charge in [0.1, 0.15) is 15.2 Å². The van der Waals surface area contributed by atoms with Crippen molar-refractivity contribution in [3.63, 3.8) is 0 Å². The molecule has 0 unspecified atom stereocenters. The van der Waals surface area contributed by atoms with E-state index >= 15 is 0 Å². The lowest BCUT2D eigenvalue weighted by Crippen LogP contribution is -2.03. The fourth-order valence-electron chi connectivity index (χ4n) is 23.9. The molecule has 0 amide bonds. The molecule has 34 aromatic rings. The minimum Gasteiger partial charge on any atom is -0.437 e. The summed E-state index contributed by atoms with van der Waals surface area (Å²) in [5.41, 5.74) is 27.4. The van der Waals surface area contributed by atoms with Crippen molar-refractivity contribution in [3.05, 3.63) is 425 Å². The van der Waals surface area contributed by atoms with Crippen LogP contribution in [0, 0.1) is 0 Å². The first-order chi connectivity index (χ1) is 70.0. The molecule has 0 aliphatic rings. The highest BCUT2D eigenvalue weighted by molar-refractivity contribution is 7.26. The zero-order chi connectivity index (χ0) is 91.7. The van der Waals surface area contributed by atoms with Crippen LogP contribution in [-0.4, -0.2) is 56.8 Å². The molecular weight excluding hydrogens is 1760 g/mol. The first-order valence-electron chi connectivity index (χ1n) is 47.6. The molecule has 0 radical (unpaired) electrons. The molecular formula is C126H70N12OS2. The summed E-state index contributed by atoms with van der Waals surface area (Å²) in [7, 11) is 0. The van der Waals surface area contributed by atoms with E-state index in [-0.39, 0.29) is 0 Å². The van der Waals surface area contributed by atoms with Gasteiger partial charge in [0.25, 0.3) is 0 Å². The minimum absolute atomic E-state index is 0.581. The smallest absolute Gasteiger partial charge is 0.238 e. The summed E-state index contributed by atoms with van der Waals surface area (Å²) in [5, 5.41) is 28.7. The van der Waals surface area contributed by atoms with Crippen molar-refractivity contribution >= 4 is 265 Å². The fourth-order valence-corrected chi connectivity index (χ4v) is 26.0. The van der Waals surface area contributed by atoms with Crippen molar-refractivity contribution in [3.8, 4) is 62.7 Å². The minimum atomic E-state index is 0.581. The molecule has 15 heteroatoms. The van der Waals surface area contributed by atoms with Crippen LogP contribution in [0.15, 0.2) is 429 Å². The number of rotatable bonds is 7. The highest BCUT2D eigenvalue weighted by Gasteiger charge is 2.33. The Hall–Kier alpha value is -18.5. The zero-order valence-electron chi connectivity index (χ0n) is 75.0. The number of furan rings is 1. The Bertz CT molecular complexity index is 10900. The topological polar surface area (TPSA) is 119 Å². The molecule has 0 atom stereocenters. The largest absolute Gasteiger partial charge is 0.437 e. The van der Waals surface area contributed by atoms with Crippen LogP contribution in [0.25, 0.3) is 305 Å². The van der Waals surface area contributed by atoms with Crippen LogP contribution >= 0.6 is 22.7 Å². The van der Waals surface area contributed by atoms with Gasteiger partial charge < -0.3 is 17.6 Å². The number of benzene rings is 19. The first-order valence-corrected chi connectivity index (χ1v) is 49.3. The molecule has 652 valence electrons. The van der Waals surface area contributed by atoms with E-state index in [4.69, 9.17) is 34.3 Å². The standard InChI is InChI=1S/C46H26N4S.C40H22N4O.C40H22N4S/c1-2-12-27(13-3-1)28-22-24-29(25-23-28)42-40-33-17-7-11-21-39(33)51-45(40)48-46(47-42)50-37-19-9-5-15-31(37)35-26-34-30-14-4-8-18-36(30)49-38-20-10-6-16-32(38)41(43(34)49)44(35)50;2*1-2-12-23(13-3-1)36-34-27-17-7-11-21-33(27)45-39(34)42-40(41-36)44-31-19-9-5-15-25(31)29-22-28-24-14-4-8-18-30(24)43-32-20-10-6-16-26(32)35(37(28)43)38(29)44/h1-26H;2*1-22H. The summed E-state index contributed by atoms with van der Waals surface area (Å²) < 4.78 is 23.1. The van der Waals surface area contributed by atoms with Crippen LogP contribution in [-0.2, 0) is 0 Å². The van der Waals surface area contributed by atoms with E-state index in [1.165, 1.54) is 178 Å². The predicted molar refractivity (Wildman–Crippen MR) is 588 cm³/mol. The molecule has 0 fully saturated rings. The van der Waals surface area contributed by atoms with Crippen LogP contribution in [0.3, 0.4) is 0 Å². The van der Waals surface area contributed by atoms with Crippen molar-refractivity contribution in [1.82, 2.24) is 56.8 Å². The second kappa shape index (κ2) is 29.0. The van der Waals surface area contributed by atoms with Crippen LogP contribution in [0.2, 0.25) is 0 Å². The molecule has 0 saturated carbocycles. The molecule has 0 aliphatic heterocycles. The van der Waals surface area contributed by atoms with Gasteiger partial charge >= 0.3 is 0 Å². The number of thiophene rings is 2. The summed E-state index contributed by atoms with van der Waals surface area (Å²) in [6.45, 7) is 0. The summed E-state index contributed by atoms with van der Waals surface area (Å²) in [4.78, 5) is 34.4. The lowest BCUT2D eigenvalue weighted by molar-refractivity contribution is 0.651. The van der Waals surface area contributed by atoms with E-state index in [1.54, 1.807) is 22.7 Å². The van der Waals surface area contributed by atoms with E-state index in [1.807, 2.05) is 24.3 Å². The van der Waals surface area contributed by atoms with Crippen LogP contribution in [0.4, 0.5) is 0 Å². The predicted octanol–water partition coefficient (Wildman–Crippen LogP) is 33.5. The van der Waals surface area contributed by atoms with Crippen molar-refractivity contribution in [2.75, 3.05) is 0 Å². The van der Waals surface area contributed by atoms with Crippen LogP contribution in [0.5, 0.6) is 0 Å². The van der Waals surface area contributed by atoms with Crippen molar-refractivity contribution in [2.24, 2.45) is 0 Å². The zero-order valence-corrected chi connectivity index (χ0v) is 76.6. The Balaban J connectivity index is 0.0000000956. The first kappa shape index (κ1) is 76.7. The molecule has 15 heterocycles. The third-order valence-electron chi connectivity index (χ3n) is 29.7. The molecule has 0 N–H and O–H groups in total. The van der Waals surface area contributed by atoms with E-state index in [2.05, 4.69) is 427 Å². The maximum atomic E-state index is 6.44. The van der Waals surface area contributed by atoms with Crippen molar-refractivity contribution < 1.29 is 4.42 Å². The van der Waals surface area contributed by atoms with Crippen LogP contribution in [0.1, 0.15) is 0 Å². The third-order valence-corrected chi connectivity index (χ3v) is 31.8. The number of nitrogens with zero attached hydrogens (tertiary/aromatic N) is 12. The quantitative estimate of drug-likeness (QED) is 0.156. The van der Waals surface area contributed by atoms with Gasteiger partial charge in [0.05, 0.1) is 105 Å². The van der Waals surface area contributed by atoms with Crippen molar-refractivity contribution in [1.29, 1.82) is 0 Å². The summed E-state index contributed by atoms with van der Waals surface area (Å²) >= 11 is 3.48. The summed E-state index contributed by atoms with van der Waals surface area (Å²) in [6, 6.07) is 151. The Morgan fingerprint density at radius 3 is 0.809 bits per heavy atom. The van der Waals surface area contributed by atoms with Gasteiger partial charge in [-0.25, -0.2) is 24.9 Å². The number of hydrogen-bond donors (Lipinski definition) is 0. The maximum Gasteiger partial charge on any atom is 0.238 e. The van der Waals surface area contributed by atoms with E-state index in [0.29, 0.717) is 23.6 Å². The Morgan fingerprint density at radius 2 is 0.433 bits per heavy atom. The van der Waals surface area contributed by atoms with Gasteiger partial charge in [-0.15, -0.1) is 22.7 Å². The van der Waals surface area contributed by atoms with Gasteiger partial charge in [-0.3, -0.25) is 13.7 Å². The number of hydrogen-bond acceptors (Lipinski definition) is 9. The molecule has 0 spiro atoms. The van der Waals surface area contributed by atoms with E-state index in [0.717, 1.165) is 104 Å². The lowest BCUT2D eigenvalue weighted by atomic mass is 10.0. The molecule has 0 aliphatic carbocycles. The summed E-state index contributed by atoms with van der Waals surface area (Å²) in [6.07, 6.45) is 0. The van der Waals surface area contributed by atoms with Gasteiger partial charge in [0.15, 0.2) is 0 Å². The molecule has 0 bridgehead atoms. The molecule has 19 aromatic carbocycles. The third kappa shape index (κ3) is 10.6. The summed E-state index contributed by atoms with van der Waals surface area (Å²) in [5.74, 6) is 1.97. The lowest BCUT2D eigenvalue weighted by Gasteiger charge is -2.11. The number of aromatic nitrogens is 12. The second-order valence-corrected chi connectivity index (χ2v) is 39.0. The van der Waals surface area contributed by atoms with Gasteiger partial charge in [0, 0.05) is 150 Å². The van der Waals surface area contributed by atoms with E-state index in [9.17, 15) is 0 Å². The van der Waals surface area contributed by atoms with Crippen LogP contribution < -0.4 is 0 Å². The normalized spacial score (nSPS) is 12.4. The molecule has 13 nitrogen and oxygen atoms in total. The highest BCUT2D eigenvalue weighted by Crippen LogP contribution is 2.53. The van der Waals surface area contributed by atoms with Gasteiger partial charge in [0.2, 0.25) is 23.6 Å². The average molecular weight is 1830 g/mol. The second-order valence-electron chi connectivity index (χ2n) is 36.9. The molecule has 0 saturated heterocycles. The average Bonchev–Trinajstić information content (AvgIpc) is 1.52. The fraction of sp³-hybridized carbons (Fsp3) is 0. The SMILES string of the molecule is c1ccc(-c2ccc(-c3nc(-n4c5ccccc5c5cc6c7ccccc7n7c8ccccc8c(c54)c67)nc4sc5ccccc5c34)cc2)cc1.c1ccc(-c2nc(-n3c4ccccc4c4cc5c6ccccc6n6c7ccccc7c(c43)c56)nc3oc4ccccc4c23)cc1.c1ccc(-c2nc(-n3c4ccccc4c4cc5c6ccccc6n6c7ccccc7c(c43)c56)nc3sc4ccccc4c23)cc1. The molecule has 15 aromatic heterocycles.